The Morgan fingerprint density at radius 2 is 1.42 bits per heavy atom. The number of carbonyl (C=O) groups is 1. The molecule has 0 heterocycles. The number of para-hydroxylation sites is 1. The van der Waals surface area contributed by atoms with E-state index >= 15 is 0 Å². The van der Waals surface area contributed by atoms with Crippen molar-refractivity contribution in [3.63, 3.8) is 0 Å². The number of hydrogen-bond acceptors (Lipinski definition) is 4. The van der Waals surface area contributed by atoms with Crippen LogP contribution in [0.3, 0.4) is 0 Å². The second kappa shape index (κ2) is 10.0. The smallest absolute Gasteiger partial charge is 0.258 e. The van der Waals surface area contributed by atoms with Gasteiger partial charge in [-0.1, -0.05) is 92.7 Å². The summed E-state index contributed by atoms with van der Waals surface area (Å²) in [6.07, 6.45) is 2.37. The molecule has 0 aromatic heterocycles. The van der Waals surface area contributed by atoms with Crippen molar-refractivity contribution in [2.24, 2.45) is 5.92 Å². The lowest BCUT2D eigenvalue weighted by Crippen LogP contribution is -2.65. The zero-order chi connectivity index (χ0) is 23.3. The number of carbonyl (C=O) groups excluding carboxylic acids is 1. The van der Waals surface area contributed by atoms with Crippen LogP contribution in [-0.2, 0) is 9.63 Å². The lowest BCUT2D eigenvalue weighted by molar-refractivity contribution is -0.132. The normalized spacial score (nSPS) is 19.3. The molecule has 2 N–H and O–H groups in total. The van der Waals surface area contributed by atoms with Crippen LogP contribution >= 0.6 is 0 Å². The molecule has 5 heteroatoms. The maximum absolute atomic E-state index is 12.6. The quantitative estimate of drug-likeness (QED) is 0.379. The van der Waals surface area contributed by atoms with Crippen molar-refractivity contribution in [1.82, 2.24) is 0 Å². The zero-order valence-corrected chi connectivity index (χ0v) is 20.4. The van der Waals surface area contributed by atoms with E-state index in [1.807, 2.05) is 66.7 Å². The Morgan fingerprint density at radius 3 is 1.97 bits per heavy atom. The van der Waals surface area contributed by atoms with E-state index in [0.717, 1.165) is 28.9 Å². The number of hydrogen-bond donors (Lipinski definition) is 2. The van der Waals surface area contributed by atoms with Crippen LogP contribution in [0, 0.1) is 5.92 Å². The van der Waals surface area contributed by atoms with Crippen LogP contribution in [0.5, 0.6) is 0 Å². The topological polar surface area (TPSA) is 58.6 Å². The summed E-state index contributed by atoms with van der Waals surface area (Å²) in [4.78, 5) is 30.8. The number of Topliss-reactive ketones (excluding diaryl/α,β-unsaturated/α-hetero) is 1. The lowest BCUT2D eigenvalue weighted by Gasteiger charge is -2.44. The number of benzene rings is 3. The molecule has 1 fully saturated rings. The first-order valence-corrected chi connectivity index (χ1v) is 13.7. The third-order valence-electron chi connectivity index (χ3n) is 6.96. The van der Waals surface area contributed by atoms with E-state index in [0.29, 0.717) is 18.8 Å². The third kappa shape index (κ3) is 5.11. The molecule has 0 aliphatic heterocycles. The summed E-state index contributed by atoms with van der Waals surface area (Å²) >= 11 is 0. The first kappa shape index (κ1) is 23.4. The van der Waals surface area contributed by atoms with Gasteiger partial charge < -0.3 is 4.80 Å². The van der Waals surface area contributed by atoms with E-state index in [-0.39, 0.29) is 10.8 Å². The molecule has 1 aliphatic carbocycles. The molecule has 172 valence electrons. The average molecular weight is 460 g/mol. The van der Waals surface area contributed by atoms with Crippen LogP contribution in [0.25, 0.3) is 0 Å². The van der Waals surface area contributed by atoms with E-state index in [2.05, 4.69) is 43.6 Å². The van der Waals surface area contributed by atoms with E-state index in [9.17, 15) is 9.59 Å². The molecule has 4 nitrogen and oxygen atoms in total. The first-order chi connectivity index (χ1) is 15.9. The molecule has 4 rings (SSSR count). The third-order valence-corrected chi connectivity index (χ3v) is 11.5. The average Bonchev–Trinajstić information content (AvgIpc) is 2.85. The highest BCUT2D eigenvalue weighted by molar-refractivity contribution is 6.98. The molecule has 0 amide bonds. The Bertz CT molecular complexity index is 1000. The minimum Gasteiger partial charge on any atom is -0.424 e. The zero-order valence-electron chi connectivity index (χ0n) is 19.4. The summed E-state index contributed by atoms with van der Waals surface area (Å²) in [5.74, 6) is 0.442. The van der Waals surface area contributed by atoms with Gasteiger partial charge in [0.1, 0.15) is 6.10 Å². The molecule has 0 saturated heterocycles. The predicted octanol–water partition coefficient (Wildman–Crippen LogP) is 4.69. The van der Waals surface area contributed by atoms with Crippen LogP contribution in [-0.4, -0.2) is 25.0 Å². The number of rotatable bonds is 8. The van der Waals surface area contributed by atoms with Crippen molar-refractivity contribution in [3.8, 4) is 0 Å². The molecular weight excluding hydrogens is 426 g/mol. The molecule has 1 aliphatic rings. The second-order valence-electron chi connectivity index (χ2n) is 9.71. The standard InChI is InChI=1S/C28H33NO3Si/c1-28(2,33(31,24-14-8-4-9-15-24)25-16-10-5-11-17-25)21-22-18-19-26(30)27(20-22)32-29-23-12-6-3-7-13-23/h3-17,22,27,29,31H,18-21H2,1-2H3/t22-,27-/m1/s1. The van der Waals surface area contributed by atoms with E-state index in [1.54, 1.807) is 0 Å². The SMILES string of the molecule is CC(C)(C[C@@H]1CCC(=O)[C@H](ONc2ccccc2)C1)[Si](O)(c1ccccc1)c1ccccc1. The van der Waals surface area contributed by atoms with Crippen LogP contribution in [0.4, 0.5) is 5.69 Å². The van der Waals surface area contributed by atoms with Crippen molar-refractivity contribution >= 4 is 30.2 Å². The van der Waals surface area contributed by atoms with Crippen LogP contribution in [0.15, 0.2) is 91.0 Å². The van der Waals surface area contributed by atoms with Gasteiger partial charge in [0.15, 0.2) is 5.78 Å². The largest absolute Gasteiger partial charge is 0.424 e. The number of nitrogens with one attached hydrogen (secondary N) is 1. The van der Waals surface area contributed by atoms with Gasteiger partial charge in [-0.25, -0.2) is 0 Å². The Balaban J connectivity index is 1.53. The summed E-state index contributed by atoms with van der Waals surface area (Å²) in [5.41, 5.74) is 3.78. The molecule has 0 unspecified atom stereocenters. The maximum atomic E-state index is 12.6. The minimum atomic E-state index is -3.06. The van der Waals surface area contributed by atoms with Gasteiger partial charge in [0.2, 0.25) is 0 Å². The van der Waals surface area contributed by atoms with Gasteiger partial charge in [0, 0.05) is 6.42 Å². The molecular formula is C28H33NO3Si. The predicted molar refractivity (Wildman–Crippen MR) is 136 cm³/mol. The number of ketones is 1. The van der Waals surface area contributed by atoms with Gasteiger partial charge in [-0.15, -0.1) is 0 Å². The van der Waals surface area contributed by atoms with Crippen molar-refractivity contribution in [2.45, 2.75) is 50.7 Å². The van der Waals surface area contributed by atoms with Gasteiger partial charge in [-0.3, -0.25) is 15.1 Å². The highest BCUT2D eigenvalue weighted by Crippen LogP contribution is 2.44. The molecule has 2 atom stereocenters. The molecule has 0 bridgehead atoms. The van der Waals surface area contributed by atoms with Crippen LogP contribution in [0.1, 0.15) is 39.5 Å². The van der Waals surface area contributed by atoms with E-state index < -0.39 is 14.4 Å². The molecule has 33 heavy (non-hydrogen) atoms. The van der Waals surface area contributed by atoms with Gasteiger partial charge in [-0.2, -0.15) is 0 Å². The summed E-state index contributed by atoms with van der Waals surface area (Å²) in [6, 6.07) is 29.9. The lowest BCUT2D eigenvalue weighted by atomic mass is 9.81. The second-order valence-corrected chi connectivity index (χ2v) is 13.6. The van der Waals surface area contributed by atoms with Gasteiger partial charge in [0.25, 0.3) is 8.32 Å². The first-order valence-electron chi connectivity index (χ1n) is 11.7. The van der Waals surface area contributed by atoms with Crippen molar-refractivity contribution in [1.29, 1.82) is 0 Å². The van der Waals surface area contributed by atoms with Crippen LogP contribution in [0.2, 0.25) is 5.04 Å². The van der Waals surface area contributed by atoms with Gasteiger partial charge >= 0.3 is 0 Å². The Kier molecular flexibility index (Phi) is 7.13. The highest BCUT2D eigenvalue weighted by atomic mass is 28.4. The Hall–Kier alpha value is -2.73. The summed E-state index contributed by atoms with van der Waals surface area (Å²) in [5, 5.41) is 1.70. The molecule has 0 radical (unpaired) electrons. The van der Waals surface area contributed by atoms with E-state index in [1.165, 1.54) is 0 Å². The minimum absolute atomic E-state index is 0.145. The monoisotopic (exact) mass is 459 g/mol. The van der Waals surface area contributed by atoms with Crippen molar-refractivity contribution < 1.29 is 14.4 Å². The molecule has 3 aromatic carbocycles. The maximum Gasteiger partial charge on any atom is 0.258 e. The van der Waals surface area contributed by atoms with Crippen molar-refractivity contribution in [2.75, 3.05) is 5.48 Å². The molecule has 3 aromatic rings. The van der Waals surface area contributed by atoms with E-state index in [4.69, 9.17) is 4.84 Å². The fourth-order valence-electron chi connectivity index (χ4n) is 5.18. The van der Waals surface area contributed by atoms with Crippen LogP contribution < -0.4 is 15.9 Å². The van der Waals surface area contributed by atoms with Crippen molar-refractivity contribution in [3.05, 3.63) is 91.0 Å². The molecule has 0 spiro atoms. The summed E-state index contributed by atoms with van der Waals surface area (Å²) in [7, 11) is -3.06. The van der Waals surface area contributed by atoms with Gasteiger partial charge in [-0.05, 0) is 52.7 Å². The fourth-order valence-corrected chi connectivity index (χ4v) is 9.01. The highest BCUT2D eigenvalue weighted by Gasteiger charge is 2.51. The number of anilines is 1. The fraction of sp³-hybridized carbons (Fsp3) is 0.321. The summed E-state index contributed by atoms with van der Waals surface area (Å²) in [6.45, 7) is 4.38. The van der Waals surface area contributed by atoms with Gasteiger partial charge in [0.05, 0.1) is 5.69 Å². The Morgan fingerprint density at radius 1 is 0.909 bits per heavy atom. The summed E-state index contributed by atoms with van der Waals surface area (Å²) < 4.78 is 0. The molecule has 1 saturated carbocycles. The Labute approximate surface area is 197 Å².